The summed E-state index contributed by atoms with van der Waals surface area (Å²) in [6.45, 7) is 1.58. The fourth-order valence-corrected chi connectivity index (χ4v) is 4.08. The van der Waals surface area contributed by atoms with Crippen LogP contribution in [0.15, 0.2) is 60.6 Å². The van der Waals surface area contributed by atoms with Crippen LogP contribution in [0.4, 0.5) is 0 Å². The van der Waals surface area contributed by atoms with Gasteiger partial charge in [0.25, 0.3) is 0 Å². The number of ketones is 1. The molecule has 5 rings (SSSR count). The number of hydrogen-bond donors (Lipinski definition) is 0. The topological polar surface area (TPSA) is 51.7 Å². The van der Waals surface area contributed by atoms with Crippen molar-refractivity contribution in [1.82, 2.24) is 9.88 Å². The Hall–Kier alpha value is -2.86. The van der Waals surface area contributed by atoms with E-state index in [1.54, 1.807) is 30.6 Å². The summed E-state index contributed by atoms with van der Waals surface area (Å²) in [6.07, 6.45) is 5.07. The van der Waals surface area contributed by atoms with Crippen molar-refractivity contribution in [2.75, 3.05) is 6.73 Å². The predicted molar refractivity (Wildman–Crippen MR) is 115 cm³/mol. The Balaban J connectivity index is 1.43. The first-order chi connectivity index (χ1) is 14.6. The summed E-state index contributed by atoms with van der Waals surface area (Å²) in [7, 11) is 0. The molecule has 0 unspecified atom stereocenters. The number of fused-ring (bicyclic) bond motifs is 3. The minimum absolute atomic E-state index is 0.144. The molecule has 0 saturated carbocycles. The van der Waals surface area contributed by atoms with E-state index in [0.717, 1.165) is 22.4 Å². The highest BCUT2D eigenvalue weighted by Crippen LogP contribution is 2.42. The van der Waals surface area contributed by atoms with E-state index >= 15 is 0 Å². The lowest BCUT2D eigenvalue weighted by Gasteiger charge is -2.30. The molecule has 150 valence electrons. The van der Waals surface area contributed by atoms with Crippen molar-refractivity contribution in [3.05, 3.63) is 92.9 Å². The van der Waals surface area contributed by atoms with Crippen molar-refractivity contribution in [3.8, 4) is 11.5 Å². The van der Waals surface area contributed by atoms with Crippen LogP contribution < -0.4 is 9.47 Å². The van der Waals surface area contributed by atoms with E-state index < -0.39 is 0 Å². The second-order valence-electron chi connectivity index (χ2n) is 7.14. The third kappa shape index (κ3) is 3.56. The highest BCUT2D eigenvalue weighted by atomic mass is 35.5. The monoisotopic (exact) mass is 438 g/mol. The normalized spacial score (nSPS) is 16.7. The Kier molecular flexibility index (Phi) is 4.95. The molecule has 7 heteroatoms. The second kappa shape index (κ2) is 7.76. The minimum Gasteiger partial charge on any atom is -0.478 e. The van der Waals surface area contributed by atoms with Gasteiger partial charge in [-0.3, -0.25) is 14.7 Å². The van der Waals surface area contributed by atoms with Crippen LogP contribution in [0.3, 0.4) is 0 Å². The third-order valence-corrected chi connectivity index (χ3v) is 5.66. The van der Waals surface area contributed by atoms with Crippen LogP contribution >= 0.6 is 23.2 Å². The van der Waals surface area contributed by atoms with Crippen LogP contribution in [0.1, 0.15) is 27.0 Å². The number of benzene rings is 2. The van der Waals surface area contributed by atoms with Gasteiger partial charge in [-0.25, -0.2) is 0 Å². The zero-order chi connectivity index (χ0) is 20.7. The van der Waals surface area contributed by atoms with Gasteiger partial charge < -0.3 is 9.47 Å². The zero-order valence-electron chi connectivity index (χ0n) is 15.8. The molecule has 2 aromatic carbocycles. The average molecular weight is 439 g/mol. The Labute approximate surface area is 183 Å². The number of allylic oxidation sites excluding steroid dienone is 1. The van der Waals surface area contributed by atoms with Crippen molar-refractivity contribution < 1.29 is 14.3 Å². The molecule has 2 aliphatic rings. The van der Waals surface area contributed by atoms with E-state index in [4.69, 9.17) is 32.7 Å². The van der Waals surface area contributed by atoms with Gasteiger partial charge in [0.1, 0.15) is 18.2 Å². The van der Waals surface area contributed by atoms with E-state index in [9.17, 15) is 4.79 Å². The summed E-state index contributed by atoms with van der Waals surface area (Å²) < 4.78 is 11.9. The van der Waals surface area contributed by atoms with E-state index in [-0.39, 0.29) is 11.5 Å². The maximum atomic E-state index is 12.8. The molecule has 0 bridgehead atoms. The van der Waals surface area contributed by atoms with E-state index in [0.29, 0.717) is 41.2 Å². The van der Waals surface area contributed by atoms with Crippen molar-refractivity contribution in [3.63, 3.8) is 0 Å². The number of ether oxygens (including phenoxy) is 2. The number of pyridine rings is 1. The molecule has 5 nitrogen and oxygen atoms in total. The van der Waals surface area contributed by atoms with Crippen molar-refractivity contribution >= 4 is 35.1 Å². The van der Waals surface area contributed by atoms with Gasteiger partial charge in [0.05, 0.1) is 11.1 Å². The van der Waals surface area contributed by atoms with Crippen molar-refractivity contribution in [2.24, 2.45) is 0 Å². The lowest BCUT2D eigenvalue weighted by molar-refractivity contribution is 0.0873. The first kappa shape index (κ1) is 19.1. The Morgan fingerprint density at radius 1 is 1.17 bits per heavy atom. The Bertz CT molecular complexity index is 1180. The average Bonchev–Trinajstić information content (AvgIpc) is 3.07. The van der Waals surface area contributed by atoms with Gasteiger partial charge in [0, 0.05) is 35.5 Å². The quantitative estimate of drug-likeness (QED) is 0.515. The van der Waals surface area contributed by atoms with Gasteiger partial charge in [-0.15, -0.1) is 0 Å². The fourth-order valence-electron chi connectivity index (χ4n) is 3.61. The van der Waals surface area contributed by atoms with Crippen molar-refractivity contribution in [1.29, 1.82) is 0 Å². The van der Waals surface area contributed by atoms with E-state index in [1.165, 1.54) is 0 Å². The molecule has 0 fully saturated rings. The van der Waals surface area contributed by atoms with Crippen LogP contribution in [0.5, 0.6) is 11.5 Å². The number of carbonyl (C=O) groups excluding carboxylic acids is 1. The molecule has 0 aliphatic carbocycles. The third-order valence-electron chi connectivity index (χ3n) is 5.07. The highest BCUT2D eigenvalue weighted by Gasteiger charge is 2.33. The maximum Gasteiger partial charge on any atom is 0.231 e. The molecule has 30 heavy (non-hydrogen) atoms. The van der Waals surface area contributed by atoms with Gasteiger partial charge in [-0.2, -0.15) is 0 Å². The Morgan fingerprint density at radius 3 is 2.87 bits per heavy atom. The summed E-state index contributed by atoms with van der Waals surface area (Å²) in [5, 5.41) is 1.21. The van der Waals surface area contributed by atoms with E-state index in [2.05, 4.69) is 9.88 Å². The minimum atomic E-state index is -0.144. The number of hydrogen-bond acceptors (Lipinski definition) is 5. The van der Waals surface area contributed by atoms with Crippen LogP contribution in [-0.2, 0) is 13.1 Å². The van der Waals surface area contributed by atoms with Crippen LogP contribution in [0.25, 0.3) is 6.08 Å². The first-order valence-corrected chi connectivity index (χ1v) is 10.1. The van der Waals surface area contributed by atoms with Gasteiger partial charge in [0.15, 0.2) is 5.76 Å². The molecule has 0 N–H and O–H groups in total. The van der Waals surface area contributed by atoms with Gasteiger partial charge in [0.2, 0.25) is 5.78 Å². The van der Waals surface area contributed by atoms with Gasteiger partial charge in [-0.05, 0) is 47.5 Å². The molecule has 0 amide bonds. The SMILES string of the molecule is O=C1/C(=C/c2cccnc2)Oc2c1ccc1c2CN(Cc2ccc(Cl)cc2Cl)CO1. The molecular formula is C23H16Cl2N2O3. The second-order valence-corrected chi connectivity index (χ2v) is 7.98. The molecule has 1 aromatic heterocycles. The first-order valence-electron chi connectivity index (χ1n) is 9.38. The number of Topliss-reactive ketones (excluding diaryl/α,β-unsaturated/α-hetero) is 1. The molecule has 0 atom stereocenters. The largest absolute Gasteiger partial charge is 0.478 e. The molecule has 0 spiro atoms. The maximum absolute atomic E-state index is 12.8. The van der Waals surface area contributed by atoms with Crippen LogP contribution in [0.2, 0.25) is 10.0 Å². The summed E-state index contributed by atoms with van der Waals surface area (Å²) in [5.41, 5.74) is 3.15. The van der Waals surface area contributed by atoms with Crippen LogP contribution in [0, 0.1) is 0 Å². The number of aromatic nitrogens is 1. The number of halogens is 2. The number of nitrogens with zero attached hydrogens (tertiary/aromatic N) is 2. The summed E-state index contributed by atoms with van der Waals surface area (Å²) in [6, 6.07) is 12.7. The lowest BCUT2D eigenvalue weighted by atomic mass is 10.0. The van der Waals surface area contributed by atoms with E-state index in [1.807, 2.05) is 30.3 Å². The standard InChI is InChI=1S/C23H16Cl2N2O3/c24-16-4-3-15(19(25)9-16)11-27-12-18-20(29-13-27)6-5-17-22(28)21(30-23(17)18)8-14-2-1-7-26-10-14/h1-10H,11-13H2/b21-8-. The summed E-state index contributed by atoms with van der Waals surface area (Å²) in [4.78, 5) is 19.0. The van der Waals surface area contributed by atoms with Gasteiger partial charge >= 0.3 is 0 Å². The number of carbonyl (C=O) groups is 1. The molecule has 0 saturated heterocycles. The molecule has 0 radical (unpaired) electrons. The predicted octanol–water partition coefficient (Wildman–Crippen LogP) is 5.36. The smallest absolute Gasteiger partial charge is 0.231 e. The molecule has 3 heterocycles. The molecular weight excluding hydrogens is 423 g/mol. The molecule has 3 aromatic rings. The zero-order valence-corrected chi connectivity index (χ0v) is 17.3. The number of rotatable bonds is 3. The molecule has 2 aliphatic heterocycles. The lowest BCUT2D eigenvalue weighted by Crippen LogP contribution is -2.31. The Morgan fingerprint density at radius 2 is 2.07 bits per heavy atom. The van der Waals surface area contributed by atoms with Crippen molar-refractivity contribution in [2.45, 2.75) is 13.1 Å². The van der Waals surface area contributed by atoms with Crippen LogP contribution in [-0.4, -0.2) is 22.4 Å². The highest BCUT2D eigenvalue weighted by molar-refractivity contribution is 6.35. The summed E-state index contributed by atoms with van der Waals surface area (Å²) >= 11 is 12.3. The van der Waals surface area contributed by atoms with Gasteiger partial charge in [-0.1, -0.05) is 35.3 Å². The fraction of sp³-hybridized carbons (Fsp3) is 0.130. The summed E-state index contributed by atoms with van der Waals surface area (Å²) in [5.74, 6) is 1.42.